The van der Waals surface area contributed by atoms with Crippen molar-refractivity contribution in [3.05, 3.63) is 24.3 Å². The summed E-state index contributed by atoms with van der Waals surface area (Å²) in [6, 6.07) is 0. The van der Waals surface area contributed by atoms with Gasteiger partial charge >= 0.3 is 5.97 Å². The molecule has 0 aromatic heterocycles. The molecule has 1 aliphatic heterocycles. The zero-order valence-corrected chi connectivity index (χ0v) is 7.09. The van der Waals surface area contributed by atoms with Gasteiger partial charge in [-0.25, -0.2) is 0 Å². The molecule has 0 radical (unpaired) electrons. The van der Waals surface area contributed by atoms with Crippen LogP contribution in [0, 0.1) is 29.6 Å². The average molecular weight is 174 g/mol. The van der Waals surface area contributed by atoms with E-state index in [2.05, 4.69) is 24.3 Å². The molecule has 4 rings (SSSR count). The molecule has 4 aliphatic rings. The number of hydrogen-bond donors (Lipinski definition) is 0. The van der Waals surface area contributed by atoms with Crippen molar-refractivity contribution in [3.8, 4) is 0 Å². The SMILES string of the molecule is O=C1O[C@H]2C=C[C@@H]3[C@H]4C=C[C@@H]2[C@@H]1[C@@H]43. The van der Waals surface area contributed by atoms with Crippen LogP contribution in [0.15, 0.2) is 24.3 Å². The lowest BCUT2D eigenvalue weighted by molar-refractivity contribution is -0.143. The fourth-order valence-corrected chi connectivity index (χ4v) is 3.33. The van der Waals surface area contributed by atoms with Crippen molar-refractivity contribution in [1.82, 2.24) is 0 Å². The quantitative estimate of drug-likeness (QED) is 0.406. The van der Waals surface area contributed by atoms with Gasteiger partial charge in [0.05, 0.1) is 5.92 Å². The third kappa shape index (κ3) is 0.578. The monoisotopic (exact) mass is 174 g/mol. The van der Waals surface area contributed by atoms with E-state index in [1.165, 1.54) is 0 Å². The molecule has 3 aliphatic carbocycles. The summed E-state index contributed by atoms with van der Waals surface area (Å²) in [5.41, 5.74) is 0. The van der Waals surface area contributed by atoms with E-state index in [1.807, 2.05) is 0 Å². The van der Waals surface area contributed by atoms with Crippen molar-refractivity contribution >= 4 is 5.97 Å². The Morgan fingerprint density at radius 3 is 2.54 bits per heavy atom. The summed E-state index contributed by atoms with van der Waals surface area (Å²) in [6.45, 7) is 0. The van der Waals surface area contributed by atoms with Gasteiger partial charge < -0.3 is 4.74 Å². The first-order valence-electron chi connectivity index (χ1n) is 4.93. The number of rotatable bonds is 0. The van der Waals surface area contributed by atoms with E-state index < -0.39 is 0 Å². The Morgan fingerprint density at radius 1 is 1.00 bits per heavy atom. The van der Waals surface area contributed by atoms with Gasteiger partial charge in [-0.2, -0.15) is 0 Å². The highest BCUT2D eigenvalue weighted by Gasteiger charge is 2.63. The third-order valence-corrected chi connectivity index (χ3v) is 4.00. The molecule has 0 amide bonds. The van der Waals surface area contributed by atoms with Crippen LogP contribution in [0.1, 0.15) is 0 Å². The van der Waals surface area contributed by atoms with Crippen LogP contribution >= 0.6 is 0 Å². The van der Waals surface area contributed by atoms with Crippen LogP contribution in [0.3, 0.4) is 0 Å². The van der Waals surface area contributed by atoms with Crippen LogP contribution in [-0.4, -0.2) is 12.1 Å². The van der Waals surface area contributed by atoms with Crippen molar-refractivity contribution in [2.45, 2.75) is 6.10 Å². The lowest BCUT2D eigenvalue weighted by Crippen LogP contribution is -2.21. The number of fused-ring (bicyclic) bond motifs is 1. The summed E-state index contributed by atoms with van der Waals surface area (Å²) in [4.78, 5) is 11.5. The fourth-order valence-electron chi connectivity index (χ4n) is 3.33. The number of ether oxygens (including phenoxy) is 1. The highest BCUT2D eigenvalue weighted by Crippen LogP contribution is 2.62. The van der Waals surface area contributed by atoms with Gasteiger partial charge in [0.15, 0.2) is 0 Å². The third-order valence-electron chi connectivity index (χ3n) is 4.00. The van der Waals surface area contributed by atoms with Crippen molar-refractivity contribution in [2.75, 3.05) is 0 Å². The summed E-state index contributed by atoms with van der Waals surface area (Å²) in [6.07, 6.45) is 8.88. The van der Waals surface area contributed by atoms with E-state index in [4.69, 9.17) is 4.74 Å². The number of hydrogen-bond acceptors (Lipinski definition) is 2. The molecule has 4 bridgehead atoms. The standard InChI is InChI=1S/C11H10O2/c12-11-10-7-2-1-5-6(9(5)10)3-4-8(7)13-11/h1-10H/t5-,6-,7+,8+,9+,10-/m1/s1. The van der Waals surface area contributed by atoms with Gasteiger partial charge in [-0.05, 0) is 23.8 Å². The average Bonchev–Trinajstić information content (AvgIpc) is 2.72. The van der Waals surface area contributed by atoms with E-state index in [0.29, 0.717) is 23.7 Å². The Hall–Kier alpha value is -1.05. The van der Waals surface area contributed by atoms with Crippen LogP contribution in [0.25, 0.3) is 0 Å². The minimum atomic E-state index is 0.0428. The minimum Gasteiger partial charge on any atom is -0.457 e. The molecule has 1 saturated carbocycles. The van der Waals surface area contributed by atoms with Gasteiger partial charge in [-0.1, -0.05) is 18.2 Å². The molecule has 2 nitrogen and oxygen atoms in total. The molecule has 13 heavy (non-hydrogen) atoms. The van der Waals surface area contributed by atoms with E-state index in [-0.39, 0.29) is 18.0 Å². The van der Waals surface area contributed by atoms with Gasteiger partial charge in [-0.3, -0.25) is 4.79 Å². The Morgan fingerprint density at radius 2 is 1.69 bits per heavy atom. The zero-order chi connectivity index (χ0) is 8.58. The highest BCUT2D eigenvalue weighted by atomic mass is 16.6. The summed E-state index contributed by atoms with van der Waals surface area (Å²) >= 11 is 0. The van der Waals surface area contributed by atoms with Crippen LogP contribution in [0.5, 0.6) is 0 Å². The second kappa shape index (κ2) is 1.74. The predicted molar refractivity (Wildman–Crippen MR) is 45.6 cm³/mol. The first-order chi connectivity index (χ1) is 6.36. The Kier molecular flexibility index (Phi) is 0.859. The van der Waals surface area contributed by atoms with Crippen molar-refractivity contribution < 1.29 is 9.53 Å². The van der Waals surface area contributed by atoms with Gasteiger partial charge in [0.1, 0.15) is 6.10 Å². The number of allylic oxidation sites excluding steroid dienone is 2. The first-order valence-corrected chi connectivity index (χ1v) is 4.93. The summed E-state index contributed by atoms with van der Waals surface area (Å²) in [5.74, 6) is 2.43. The minimum absolute atomic E-state index is 0.0428. The van der Waals surface area contributed by atoms with E-state index >= 15 is 0 Å². The summed E-state index contributed by atoms with van der Waals surface area (Å²) in [7, 11) is 0. The molecule has 0 aromatic rings. The zero-order valence-electron chi connectivity index (χ0n) is 7.09. The maximum Gasteiger partial charge on any atom is 0.310 e. The van der Waals surface area contributed by atoms with E-state index in [0.717, 1.165) is 0 Å². The van der Waals surface area contributed by atoms with Crippen LogP contribution in [-0.2, 0) is 9.53 Å². The molecule has 0 spiro atoms. The lowest BCUT2D eigenvalue weighted by atomic mass is 9.83. The topological polar surface area (TPSA) is 26.3 Å². The van der Waals surface area contributed by atoms with Gasteiger partial charge in [-0.15, -0.1) is 0 Å². The molecule has 1 heterocycles. The normalized spacial score (nSPS) is 58.9. The molecule has 66 valence electrons. The molecule has 2 heteroatoms. The van der Waals surface area contributed by atoms with Gasteiger partial charge in [0, 0.05) is 5.92 Å². The number of esters is 1. The Labute approximate surface area is 76.3 Å². The number of carbonyl (C=O) groups is 1. The molecular weight excluding hydrogens is 164 g/mol. The largest absolute Gasteiger partial charge is 0.457 e. The van der Waals surface area contributed by atoms with Crippen molar-refractivity contribution in [3.63, 3.8) is 0 Å². The smallest absolute Gasteiger partial charge is 0.310 e. The fraction of sp³-hybridized carbons (Fsp3) is 0.545. The molecular formula is C11H10O2. The lowest BCUT2D eigenvalue weighted by Gasteiger charge is -2.16. The van der Waals surface area contributed by atoms with Crippen LogP contribution < -0.4 is 0 Å². The second-order valence-electron chi connectivity index (χ2n) is 4.51. The maximum atomic E-state index is 11.5. The van der Waals surface area contributed by atoms with E-state index in [9.17, 15) is 4.79 Å². The maximum absolute atomic E-state index is 11.5. The van der Waals surface area contributed by atoms with Crippen molar-refractivity contribution in [1.29, 1.82) is 0 Å². The second-order valence-corrected chi connectivity index (χ2v) is 4.51. The van der Waals surface area contributed by atoms with E-state index in [1.54, 1.807) is 0 Å². The Balaban J connectivity index is 1.94. The van der Waals surface area contributed by atoms with Crippen LogP contribution in [0.4, 0.5) is 0 Å². The molecule has 0 N–H and O–H groups in total. The Bertz CT molecular complexity index is 355. The van der Waals surface area contributed by atoms with Gasteiger partial charge in [0.25, 0.3) is 0 Å². The molecule has 6 atom stereocenters. The molecule has 1 saturated heterocycles. The highest BCUT2D eigenvalue weighted by molar-refractivity contribution is 5.78. The summed E-state index contributed by atoms with van der Waals surface area (Å²) < 4.78 is 5.32. The molecule has 0 unspecified atom stereocenters. The van der Waals surface area contributed by atoms with Crippen LogP contribution in [0.2, 0.25) is 0 Å². The number of carbonyl (C=O) groups excluding carboxylic acids is 1. The first kappa shape index (κ1) is 6.41. The molecule has 0 aromatic carbocycles. The van der Waals surface area contributed by atoms with Gasteiger partial charge in [0.2, 0.25) is 0 Å². The predicted octanol–water partition coefficient (Wildman–Crippen LogP) is 1.15. The summed E-state index contributed by atoms with van der Waals surface area (Å²) in [5, 5.41) is 0. The van der Waals surface area contributed by atoms with Crippen molar-refractivity contribution in [2.24, 2.45) is 29.6 Å². The molecule has 2 fully saturated rings.